The number of fused-ring (bicyclic) bond motifs is 1. The molecule has 1 N–H and O–H groups in total. The Labute approximate surface area is 204 Å². The summed E-state index contributed by atoms with van der Waals surface area (Å²) in [6.07, 6.45) is 0.605. The molecule has 7 heteroatoms. The van der Waals surface area contributed by atoms with E-state index < -0.39 is 0 Å². The van der Waals surface area contributed by atoms with Gasteiger partial charge in [0.2, 0.25) is 18.6 Å². The lowest BCUT2D eigenvalue weighted by Gasteiger charge is -2.24. The monoisotopic (exact) mass is 476 g/mol. The van der Waals surface area contributed by atoms with Crippen LogP contribution in [0, 0.1) is 11.7 Å². The van der Waals surface area contributed by atoms with Gasteiger partial charge in [0.05, 0.1) is 13.0 Å². The summed E-state index contributed by atoms with van der Waals surface area (Å²) >= 11 is 0. The molecule has 4 rings (SSSR count). The lowest BCUT2D eigenvalue weighted by Crippen LogP contribution is -2.31. The number of hydrogen-bond donors (Lipinski definition) is 1. The van der Waals surface area contributed by atoms with E-state index in [1.165, 1.54) is 12.1 Å². The highest BCUT2D eigenvalue weighted by Crippen LogP contribution is 2.32. The summed E-state index contributed by atoms with van der Waals surface area (Å²) in [5.74, 6) is 1.12. The quantitative estimate of drug-likeness (QED) is 0.472. The average molecular weight is 477 g/mol. The smallest absolute Gasteiger partial charge is 0.231 e. The minimum atomic E-state index is -0.333. The van der Waals surface area contributed by atoms with Crippen molar-refractivity contribution in [2.75, 3.05) is 11.7 Å². The Bertz CT molecular complexity index is 1190. The maximum Gasteiger partial charge on any atom is 0.231 e. The van der Waals surface area contributed by atoms with Crippen molar-refractivity contribution in [3.8, 4) is 11.5 Å². The van der Waals surface area contributed by atoms with Crippen molar-refractivity contribution < 1.29 is 23.5 Å². The molecule has 0 saturated carbocycles. The third-order valence-corrected chi connectivity index (χ3v) is 5.65. The number of nitrogens with zero attached hydrogens (tertiary/aromatic N) is 1. The molecule has 0 saturated heterocycles. The second-order valence-corrected chi connectivity index (χ2v) is 9.02. The first-order valence-electron chi connectivity index (χ1n) is 11.7. The van der Waals surface area contributed by atoms with E-state index in [0.29, 0.717) is 35.7 Å². The van der Waals surface area contributed by atoms with Crippen LogP contribution in [0.4, 0.5) is 10.1 Å². The van der Waals surface area contributed by atoms with Gasteiger partial charge in [-0.25, -0.2) is 4.39 Å². The van der Waals surface area contributed by atoms with E-state index >= 15 is 0 Å². The topological polar surface area (TPSA) is 67.9 Å². The van der Waals surface area contributed by atoms with Gasteiger partial charge in [0, 0.05) is 18.7 Å². The number of carbonyl (C=O) groups excluding carboxylic acids is 2. The van der Waals surface area contributed by atoms with Crippen molar-refractivity contribution in [1.82, 2.24) is 5.32 Å². The van der Waals surface area contributed by atoms with Gasteiger partial charge in [-0.15, -0.1) is 0 Å². The fraction of sp³-hybridized carbons (Fsp3) is 0.286. The van der Waals surface area contributed by atoms with Gasteiger partial charge in [0.25, 0.3) is 0 Å². The molecule has 35 heavy (non-hydrogen) atoms. The lowest BCUT2D eigenvalue weighted by molar-refractivity contribution is -0.121. The number of hydrogen-bond acceptors (Lipinski definition) is 4. The second-order valence-electron chi connectivity index (χ2n) is 9.02. The van der Waals surface area contributed by atoms with Crippen LogP contribution in [0.15, 0.2) is 66.7 Å². The van der Waals surface area contributed by atoms with Crippen LogP contribution in [0.2, 0.25) is 0 Å². The van der Waals surface area contributed by atoms with Crippen LogP contribution in [0.25, 0.3) is 0 Å². The second kappa shape index (κ2) is 11.0. The molecule has 0 aromatic heterocycles. The van der Waals surface area contributed by atoms with Crippen LogP contribution in [0.5, 0.6) is 11.5 Å². The fourth-order valence-corrected chi connectivity index (χ4v) is 3.89. The predicted molar refractivity (Wildman–Crippen MR) is 132 cm³/mol. The molecule has 0 radical (unpaired) electrons. The molecular weight excluding hydrogens is 447 g/mol. The standard InChI is InChI=1S/C28H29FN2O4/c1-19(2)12-28(33)31(17-22-4-3-5-23(29)13-22)24-9-6-20(7-10-24)15-27(32)30-16-21-8-11-25-26(14-21)35-18-34-25/h3-11,13-14,19H,12,15-18H2,1-2H3,(H,30,32). The molecule has 0 atom stereocenters. The highest BCUT2D eigenvalue weighted by molar-refractivity contribution is 5.93. The SMILES string of the molecule is CC(C)CC(=O)N(Cc1cccc(F)c1)c1ccc(CC(=O)NCc2ccc3c(c2)OCO3)cc1. The van der Waals surface area contributed by atoms with Crippen LogP contribution in [0.3, 0.4) is 0 Å². The summed E-state index contributed by atoms with van der Waals surface area (Å²) in [5, 5.41) is 2.92. The maximum absolute atomic E-state index is 13.7. The number of carbonyl (C=O) groups is 2. The first-order valence-corrected chi connectivity index (χ1v) is 11.7. The van der Waals surface area contributed by atoms with Crippen molar-refractivity contribution in [1.29, 1.82) is 0 Å². The number of benzene rings is 3. The third-order valence-electron chi connectivity index (χ3n) is 5.65. The molecule has 6 nitrogen and oxygen atoms in total. The number of halogens is 1. The van der Waals surface area contributed by atoms with E-state index in [4.69, 9.17) is 9.47 Å². The van der Waals surface area contributed by atoms with E-state index in [-0.39, 0.29) is 43.3 Å². The molecule has 3 aromatic carbocycles. The highest BCUT2D eigenvalue weighted by atomic mass is 19.1. The van der Waals surface area contributed by atoms with Gasteiger partial charge in [-0.05, 0) is 59.0 Å². The Morgan fingerprint density at radius 1 is 0.943 bits per heavy atom. The molecule has 0 bridgehead atoms. The molecule has 0 fully saturated rings. The summed E-state index contributed by atoms with van der Waals surface area (Å²) in [6, 6.07) is 19.2. The summed E-state index contributed by atoms with van der Waals surface area (Å²) in [4.78, 5) is 27.1. The third kappa shape index (κ3) is 6.59. The van der Waals surface area contributed by atoms with Gasteiger partial charge >= 0.3 is 0 Å². The number of nitrogens with one attached hydrogen (secondary N) is 1. The molecule has 1 heterocycles. The van der Waals surface area contributed by atoms with Gasteiger partial charge in [-0.1, -0.05) is 44.2 Å². The predicted octanol–water partition coefficient (Wildman–Crippen LogP) is 4.99. The van der Waals surface area contributed by atoms with Crippen LogP contribution in [0.1, 0.15) is 37.0 Å². The fourth-order valence-electron chi connectivity index (χ4n) is 3.89. The summed E-state index contributed by atoms with van der Waals surface area (Å²) in [5.41, 5.74) is 3.19. The molecule has 182 valence electrons. The Morgan fingerprint density at radius 2 is 1.69 bits per heavy atom. The zero-order valence-electron chi connectivity index (χ0n) is 19.9. The minimum Gasteiger partial charge on any atom is -0.454 e. The molecule has 0 spiro atoms. The summed E-state index contributed by atoms with van der Waals surface area (Å²) < 4.78 is 24.4. The zero-order valence-corrected chi connectivity index (χ0v) is 19.9. The number of ether oxygens (including phenoxy) is 2. The van der Waals surface area contributed by atoms with E-state index in [9.17, 15) is 14.0 Å². The maximum atomic E-state index is 13.7. The zero-order chi connectivity index (χ0) is 24.8. The van der Waals surface area contributed by atoms with E-state index in [2.05, 4.69) is 5.32 Å². The van der Waals surface area contributed by atoms with Crippen molar-refractivity contribution in [2.24, 2.45) is 5.92 Å². The molecule has 3 aromatic rings. The Balaban J connectivity index is 1.39. The summed E-state index contributed by atoms with van der Waals surface area (Å²) in [6.45, 7) is 4.86. The molecule has 1 aliphatic heterocycles. The van der Waals surface area contributed by atoms with Gasteiger partial charge in [-0.2, -0.15) is 0 Å². The normalized spacial score (nSPS) is 12.0. The molecular formula is C28H29FN2O4. The van der Waals surface area contributed by atoms with Crippen LogP contribution in [-0.4, -0.2) is 18.6 Å². The van der Waals surface area contributed by atoms with E-state index in [0.717, 1.165) is 11.1 Å². The number of anilines is 1. The van der Waals surface area contributed by atoms with Crippen molar-refractivity contribution in [3.05, 3.63) is 89.2 Å². The summed E-state index contributed by atoms with van der Waals surface area (Å²) in [7, 11) is 0. The molecule has 1 aliphatic rings. The Hall–Kier alpha value is -3.87. The molecule has 2 amide bonds. The molecule has 0 unspecified atom stereocenters. The Morgan fingerprint density at radius 3 is 2.43 bits per heavy atom. The molecule has 0 aliphatic carbocycles. The van der Waals surface area contributed by atoms with Gasteiger partial charge in [-0.3, -0.25) is 9.59 Å². The minimum absolute atomic E-state index is 0.0292. The van der Waals surface area contributed by atoms with Gasteiger partial charge in [0.15, 0.2) is 11.5 Å². The number of amides is 2. The average Bonchev–Trinajstić information content (AvgIpc) is 3.29. The first kappa shape index (κ1) is 24.3. The van der Waals surface area contributed by atoms with Crippen molar-refractivity contribution in [3.63, 3.8) is 0 Å². The van der Waals surface area contributed by atoms with E-state index in [1.807, 2.05) is 56.3 Å². The largest absolute Gasteiger partial charge is 0.454 e. The first-order chi connectivity index (χ1) is 16.9. The van der Waals surface area contributed by atoms with Crippen LogP contribution in [-0.2, 0) is 29.1 Å². The van der Waals surface area contributed by atoms with Crippen molar-refractivity contribution >= 4 is 17.5 Å². The number of rotatable bonds is 9. The highest BCUT2D eigenvalue weighted by Gasteiger charge is 2.18. The Kier molecular flexibility index (Phi) is 7.65. The van der Waals surface area contributed by atoms with E-state index in [1.54, 1.807) is 17.0 Å². The lowest BCUT2D eigenvalue weighted by atomic mass is 10.1. The van der Waals surface area contributed by atoms with Crippen LogP contribution >= 0.6 is 0 Å². The van der Waals surface area contributed by atoms with Crippen LogP contribution < -0.4 is 19.7 Å². The van der Waals surface area contributed by atoms with Crippen molar-refractivity contribution in [2.45, 2.75) is 39.8 Å². The van der Waals surface area contributed by atoms with Gasteiger partial charge < -0.3 is 19.7 Å². The van der Waals surface area contributed by atoms with Gasteiger partial charge in [0.1, 0.15) is 5.82 Å².